The van der Waals surface area contributed by atoms with Gasteiger partial charge in [-0.15, -0.1) is 0 Å². The van der Waals surface area contributed by atoms with Gasteiger partial charge in [-0.25, -0.2) is 0 Å². The number of para-hydroxylation sites is 1. The van der Waals surface area contributed by atoms with Gasteiger partial charge in [-0.2, -0.15) is 13.2 Å². The number of hydrogen-bond donors (Lipinski definition) is 2. The van der Waals surface area contributed by atoms with Gasteiger partial charge in [-0.1, -0.05) is 12.1 Å². The molecule has 1 saturated carbocycles. The summed E-state index contributed by atoms with van der Waals surface area (Å²) in [5.41, 5.74) is 4.63. The summed E-state index contributed by atoms with van der Waals surface area (Å²) in [6, 6.07) is 6.98. The van der Waals surface area contributed by atoms with Crippen LogP contribution in [0, 0.1) is 5.92 Å². The average molecular weight is 365 g/mol. The second-order valence-electron chi connectivity index (χ2n) is 5.39. The van der Waals surface area contributed by atoms with E-state index >= 15 is 0 Å². The van der Waals surface area contributed by atoms with Gasteiger partial charge in [0.05, 0.1) is 5.92 Å². The Kier molecular flexibility index (Phi) is 4.51. The molecule has 2 unspecified atom stereocenters. The van der Waals surface area contributed by atoms with Crippen LogP contribution < -0.4 is 11.1 Å². The molecule has 1 aliphatic carbocycles. The first-order valence-corrected chi connectivity index (χ1v) is 7.43. The summed E-state index contributed by atoms with van der Waals surface area (Å²) in [6.07, 6.45) is -3.99. The minimum atomic E-state index is -4.31. The second-order valence-corrected chi connectivity index (χ2v) is 6.24. The van der Waals surface area contributed by atoms with E-state index in [1.807, 2.05) is 0 Å². The Morgan fingerprint density at radius 2 is 2.05 bits per heavy atom. The molecule has 21 heavy (non-hydrogen) atoms. The van der Waals surface area contributed by atoms with Gasteiger partial charge in [0.15, 0.2) is 0 Å². The van der Waals surface area contributed by atoms with E-state index in [4.69, 9.17) is 5.73 Å². The summed E-state index contributed by atoms with van der Waals surface area (Å²) < 4.78 is 39.6. The third-order valence-electron chi connectivity index (χ3n) is 3.93. The van der Waals surface area contributed by atoms with E-state index in [1.165, 1.54) is 0 Å². The standard InChI is InChI=1S/C14H16BrF3N2O/c15-10-5-1-2-6-11(10)20-13(12(19)21)7-3-4-9(8-13)14(16,17)18/h1-2,5-6,9,20H,3-4,7-8H2,(H2,19,21). The van der Waals surface area contributed by atoms with Gasteiger partial charge >= 0.3 is 6.18 Å². The molecule has 0 spiro atoms. The number of carbonyl (C=O) groups is 1. The van der Waals surface area contributed by atoms with E-state index in [9.17, 15) is 18.0 Å². The van der Waals surface area contributed by atoms with E-state index in [0.717, 1.165) is 0 Å². The SMILES string of the molecule is NC(=O)C1(Nc2ccccc2Br)CCCC(C(F)(F)F)C1. The number of carbonyl (C=O) groups excluding carboxylic acids is 1. The van der Waals surface area contributed by atoms with Crippen LogP contribution in [0.5, 0.6) is 0 Å². The van der Waals surface area contributed by atoms with Crippen LogP contribution in [0.3, 0.4) is 0 Å². The van der Waals surface area contributed by atoms with Gasteiger partial charge in [0.2, 0.25) is 5.91 Å². The van der Waals surface area contributed by atoms with Crippen molar-refractivity contribution in [3.05, 3.63) is 28.7 Å². The van der Waals surface area contributed by atoms with Crippen LogP contribution in [0.15, 0.2) is 28.7 Å². The van der Waals surface area contributed by atoms with Crippen LogP contribution >= 0.6 is 15.9 Å². The van der Waals surface area contributed by atoms with Crippen molar-refractivity contribution in [1.82, 2.24) is 0 Å². The molecule has 1 aromatic carbocycles. The molecule has 7 heteroatoms. The van der Waals surface area contributed by atoms with E-state index in [2.05, 4.69) is 21.2 Å². The first-order valence-electron chi connectivity index (χ1n) is 6.64. The molecule has 0 radical (unpaired) electrons. The predicted octanol–water partition coefficient (Wildman–Crippen LogP) is 3.84. The number of alkyl halides is 3. The molecular formula is C14H16BrF3N2O. The Balaban J connectivity index is 2.29. The van der Waals surface area contributed by atoms with Crippen LogP contribution in [0.25, 0.3) is 0 Å². The quantitative estimate of drug-likeness (QED) is 0.855. The van der Waals surface area contributed by atoms with Gasteiger partial charge in [-0.3, -0.25) is 4.79 Å². The van der Waals surface area contributed by atoms with Crippen molar-refractivity contribution >= 4 is 27.5 Å². The normalized spacial score (nSPS) is 26.4. The van der Waals surface area contributed by atoms with Crippen molar-refractivity contribution in [2.45, 2.75) is 37.4 Å². The lowest BCUT2D eigenvalue weighted by atomic mass is 9.74. The van der Waals surface area contributed by atoms with Crippen molar-refractivity contribution in [2.24, 2.45) is 11.7 Å². The zero-order valence-electron chi connectivity index (χ0n) is 11.2. The minimum Gasteiger partial charge on any atom is -0.370 e. The van der Waals surface area contributed by atoms with Gasteiger partial charge in [-0.05, 0) is 53.7 Å². The van der Waals surface area contributed by atoms with E-state index in [1.54, 1.807) is 24.3 Å². The lowest BCUT2D eigenvalue weighted by molar-refractivity contribution is -0.186. The Bertz CT molecular complexity index is 535. The average Bonchev–Trinajstić information content (AvgIpc) is 2.40. The van der Waals surface area contributed by atoms with Crippen LogP contribution in [0.4, 0.5) is 18.9 Å². The smallest absolute Gasteiger partial charge is 0.370 e. The maximum absolute atomic E-state index is 13.0. The highest BCUT2D eigenvalue weighted by molar-refractivity contribution is 9.10. The summed E-state index contributed by atoms with van der Waals surface area (Å²) in [5.74, 6) is -2.25. The Labute approximate surface area is 129 Å². The third-order valence-corrected chi connectivity index (χ3v) is 4.62. The maximum atomic E-state index is 13.0. The lowest BCUT2D eigenvalue weighted by Crippen LogP contribution is -2.55. The number of benzene rings is 1. The van der Waals surface area contributed by atoms with Crippen LogP contribution in [-0.2, 0) is 4.79 Å². The van der Waals surface area contributed by atoms with Crippen molar-refractivity contribution in [3.8, 4) is 0 Å². The lowest BCUT2D eigenvalue weighted by Gasteiger charge is -2.40. The summed E-state index contributed by atoms with van der Waals surface area (Å²) in [7, 11) is 0. The van der Waals surface area contributed by atoms with Crippen molar-refractivity contribution in [1.29, 1.82) is 0 Å². The molecule has 0 saturated heterocycles. The topological polar surface area (TPSA) is 55.1 Å². The molecule has 2 rings (SSSR count). The zero-order valence-corrected chi connectivity index (χ0v) is 12.8. The molecule has 3 N–H and O–H groups in total. The fourth-order valence-corrected chi connectivity index (χ4v) is 3.16. The molecular weight excluding hydrogens is 349 g/mol. The largest absolute Gasteiger partial charge is 0.391 e. The van der Waals surface area contributed by atoms with E-state index in [-0.39, 0.29) is 12.8 Å². The van der Waals surface area contributed by atoms with Crippen molar-refractivity contribution in [3.63, 3.8) is 0 Å². The van der Waals surface area contributed by atoms with Crippen LogP contribution in [0.2, 0.25) is 0 Å². The summed E-state index contributed by atoms with van der Waals surface area (Å²) in [4.78, 5) is 11.8. The molecule has 2 atom stereocenters. The number of nitrogens with one attached hydrogen (secondary N) is 1. The predicted molar refractivity (Wildman–Crippen MR) is 77.7 cm³/mol. The van der Waals surface area contributed by atoms with Crippen LogP contribution in [-0.4, -0.2) is 17.6 Å². The number of halogens is 4. The van der Waals surface area contributed by atoms with E-state index in [0.29, 0.717) is 23.0 Å². The number of anilines is 1. The second kappa shape index (κ2) is 5.87. The maximum Gasteiger partial charge on any atom is 0.391 e. The molecule has 0 aliphatic heterocycles. The highest BCUT2D eigenvalue weighted by atomic mass is 79.9. The fourth-order valence-electron chi connectivity index (χ4n) is 2.77. The first-order chi connectivity index (χ1) is 9.74. The molecule has 1 amide bonds. The molecule has 1 fully saturated rings. The molecule has 0 aromatic heterocycles. The molecule has 0 heterocycles. The Hall–Kier alpha value is -1.24. The van der Waals surface area contributed by atoms with Gasteiger partial charge < -0.3 is 11.1 Å². The number of nitrogens with two attached hydrogens (primary N) is 1. The number of hydrogen-bond acceptors (Lipinski definition) is 2. The minimum absolute atomic E-state index is 0.0379. The number of amides is 1. The Morgan fingerprint density at radius 1 is 1.38 bits per heavy atom. The fraction of sp³-hybridized carbons (Fsp3) is 0.500. The summed E-state index contributed by atoms with van der Waals surface area (Å²) >= 11 is 3.31. The molecule has 1 aromatic rings. The Morgan fingerprint density at radius 3 is 2.62 bits per heavy atom. The monoisotopic (exact) mass is 364 g/mol. The highest BCUT2D eigenvalue weighted by Crippen LogP contribution is 2.43. The van der Waals surface area contributed by atoms with E-state index < -0.39 is 23.5 Å². The molecule has 1 aliphatic rings. The molecule has 0 bridgehead atoms. The van der Waals surface area contributed by atoms with Crippen molar-refractivity contribution < 1.29 is 18.0 Å². The first kappa shape index (κ1) is 16.1. The molecule has 3 nitrogen and oxygen atoms in total. The van der Waals surface area contributed by atoms with Crippen LogP contribution in [0.1, 0.15) is 25.7 Å². The van der Waals surface area contributed by atoms with Gasteiger partial charge in [0, 0.05) is 10.2 Å². The summed E-state index contributed by atoms with van der Waals surface area (Å²) in [6.45, 7) is 0. The third kappa shape index (κ3) is 3.51. The summed E-state index contributed by atoms with van der Waals surface area (Å²) in [5, 5.41) is 2.94. The van der Waals surface area contributed by atoms with Crippen molar-refractivity contribution in [2.75, 3.05) is 5.32 Å². The highest BCUT2D eigenvalue weighted by Gasteiger charge is 2.50. The van der Waals surface area contributed by atoms with Gasteiger partial charge in [0.25, 0.3) is 0 Å². The molecule has 116 valence electrons. The van der Waals surface area contributed by atoms with Gasteiger partial charge in [0.1, 0.15) is 5.54 Å². The zero-order chi connectivity index (χ0) is 15.7. The number of primary amides is 1. The number of rotatable bonds is 3.